The van der Waals surface area contributed by atoms with E-state index in [2.05, 4.69) is 0 Å². The molecule has 0 fully saturated rings. The van der Waals surface area contributed by atoms with Gasteiger partial charge in [-0.1, -0.05) is 48.6 Å². The van der Waals surface area contributed by atoms with Crippen molar-refractivity contribution in [1.82, 2.24) is 0 Å². The van der Waals surface area contributed by atoms with Gasteiger partial charge in [0.2, 0.25) is 0 Å². The molecular formula is C14H15NO2. The summed E-state index contributed by atoms with van der Waals surface area (Å²) in [5.41, 5.74) is 7.31. The van der Waals surface area contributed by atoms with Crippen LogP contribution in [0.25, 0.3) is 5.57 Å². The van der Waals surface area contributed by atoms with Crippen LogP contribution in [0.2, 0.25) is 0 Å². The third-order valence-corrected chi connectivity index (χ3v) is 2.97. The van der Waals surface area contributed by atoms with Crippen molar-refractivity contribution in [1.29, 1.82) is 0 Å². The molecule has 0 heterocycles. The molecule has 1 aliphatic rings. The van der Waals surface area contributed by atoms with Crippen LogP contribution in [0.15, 0.2) is 48.6 Å². The Balaban J connectivity index is 2.38. The van der Waals surface area contributed by atoms with Crippen molar-refractivity contribution in [2.75, 3.05) is 0 Å². The van der Waals surface area contributed by atoms with E-state index in [0.717, 1.165) is 11.1 Å². The molecule has 1 aromatic rings. The summed E-state index contributed by atoms with van der Waals surface area (Å²) in [7, 11) is 0. The summed E-state index contributed by atoms with van der Waals surface area (Å²) >= 11 is 0. The molecule has 3 heteroatoms. The lowest BCUT2D eigenvalue weighted by atomic mass is 9.78. The Morgan fingerprint density at radius 3 is 2.71 bits per heavy atom. The highest BCUT2D eigenvalue weighted by molar-refractivity contribution is 5.81. The highest BCUT2D eigenvalue weighted by Gasteiger charge is 2.33. The number of hydrogen-bond acceptors (Lipinski definition) is 2. The summed E-state index contributed by atoms with van der Waals surface area (Å²) in [6.07, 6.45) is 6.24. The van der Waals surface area contributed by atoms with Gasteiger partial charge < -0.3 is 10.8 Å². The third kappa shape index (κ3) is 2.45. The molecule has 0 aromatic heterocycles. The zero-order chi connectivity index (χ0) is 12.3. The van der Waals surface area contributed by atoms with E-state index in [1.54, 1.807) is 0 Å². The second-order valence-corrected chi connectivity index (χ2v) is 4.31. The number of carbonyl (C=O) groups is 1. The van der Waals surface area contributed by atoms with E-state index in [-0.39, 0.29) is 6.42 Å². The second kappa shape index (κ2) is 4.55. The zero-order valence-corrected chi connectivity index (χ0v) is 9.47. The Kier molecular flexibility index (Phi) is 3.11. The first kappa shape index (κ1) is 11.6. The standard InChI is InChI=1S/C14H15NO2/c15-14(10-13(16)17)9-5-4-8-12(14)11-6-2-1-3-7-11/h1-8H,9-10,15H2,(H,16,17). The highest BCUT2D eigenvalue weighted by atomic mass is 16.4. The van der Waals surface area contributed by atoms with Gasteiger partial charge in [0.15, 0.2) is 0 Å². The molecule has 0 saturated heterocycles. The van der Waals surface area contributed by atoms with Crippen LogP contribution < -0.4 is 5.73 Å². The summed E-state index contributed by atoms with van der Waals surface area (Å²) in [6.45, 7) is 0. The van der Waals surface area contributed by atoms with E-state index in [4.69, 9.17) is 10.8 Å². The monoisotopic (exact) mass is 229 g/mol. The first-order valence-corrected chi connectivity index (χ1v) is 5.55. The lowest BCUT2D eigenvalue weighted by Crippen LogP contribution is -2.43. The molecule has 1 aromatic carbocycles. The van der Waals surface area contributed by atoms with Crippen molar-refractivity contribution in [2.24, 2.45) is 5.73 Å². The molecule has 1 atom stereocenters. The first-order chi connectivity index (χ1) is 8.12. The fraction of sp³-hybridized carbons (Fsp3) is 0.214. The van der Waals surface area contributed by atoms with Gasteiger partial charge in [-0.3, -0.25) is 4.79 Å². The molecule has 0 aliphatic heterocycles. The van der Waals surface area contributed by atoms with Crippen molar-refractivity contribution in [2.45, 2.75) is 18.4 Å². The van der Waals surface area contributed by atoms with E-state index >= 15 is 0 Å². The third-order valence-electron chi connectivity index (χ3n) is 2.97. The molecular weight excluding hydrogens is 214 g/mol. The van der Waals surface area contributed by atoms with Gasteiger partial charge in [-0.25, -0.2) is 0 Å². The SMILES string of the molecule is NC1(CC(=O)O)CC=CC=C1c1ccccc1. The molecule has 3 N–H and O–H groups in total. The fourth-order valence-electron chi connectivity index (χ4n) is 2.16. The summed E-state index contributed by atoms with van der Waals surface area (Å²) in [6, 6.07) is 9.69. The normalized spacial score (nSPS) is 23.2. The maximum absolute atomic E-state index is 10.9. The van der Waals surface area contributed by atoms with Gasteiger partial charge >= 0.3 is 5.97 Å². The Morgan fingerprint density at radius 1 is 1.35 bits per heavy atom. The molecule has 88 valence electrons. The summed E-state index contributed by atoms with van der Waals surface area (Å²) in [5.74, 6) is -0.871. The van der Waals surface area contributed by atoms with Crippen molar-refractivity contribution >= 4 is 11.5 Å². The number of carboxylic acid groups (broad SMARTS) is 1. The second-order valence-electron chi connectivity index (χ2n) is 4.31. The predicted octanol–water partition coefficient (Wildman–Crippen LogP) is 2.20. The lowest BCUT2D eigenvalue weighted by Gasteiger charge is -2.32. The van der Waals surface area contributed by atoms with Crippen molar-refractivity contribution in [3.05, 3.63) is 54.1 Å². The smallest absolute Gasteiger partial charge is 0.305 e. The molecule has 0 bridgehead atoms. The number of nitrogens with two attached hydrogens (primary N) is 1. The van der Waals surface area contributed by atoms with Gasteiger partial charge in [0.1, 0.15) is 0 Å². The molecule has 0 amide bonds. The van der Waals surface area contributed by atoms with Crippen LogP contribution in [0.1, 0.15) is 18.4 Å². The number of hydrogen-bond donors (Lipinski definition) is 2. The van der Waals surface area contributed by atoms with Gasteiger partial charge in [-0.2, -0.15) is 0 Å². The molecule has 0 radical (unpaired) electrons. The maximum Gasteiger partial charge on any atom is 0.305 e. The van der Waals surface area contributed by atoms with Crippen LogP contribution in [-0.4, -0.2) is 16.6 Å². The number of benzene rings is 1. The average Bonchev–Trinajstić information content (AvgIpc) is 2.29. The van der Waals surface area contributed by atoms with Crippen LogP contribution in [0, 0.1) is 0 Å². The van der Waals surface area contributed by atoms with Gasteiger partial charge in [0, 0.05) is 0 Å². The molecule has 1 unspecified atom stereocenters. The summed E-state index contributed by atoms with van der Waals surface area (Å²) in [4.78, 5) is 10.9. The van der Waals surface area contributed by atoms with Crippen molar-refractivity contribution < 1.29 is 9.90 Å². The summed E-state index contributed by atoms with van der Waals surface area (Å²) < 4.78 is 0. The van der Waals surface area contributed by atoms with E-state index in [1.807, 2.05) is 48.6 Å². The Labute approximate surface area is 100 Å². The zero-order valence-electron chi connectivity index (χ0n) is 9.47. The highest BCUT2D eigenvalue weighted by Crippen LogP contribution is 2.33. The van der Waals surface area contributed by atoms with Gasteiger partial charge in [-0.05, 0) is 17.6 Å². The Hall–Kier alpha value is -1.87. The minimum absolute atomic E-state index is 0.0575. The van der Waals surface area contributed by atoms with Crippen LogP contribution >= 0.6 is 0 Å². The minimum atomic E-state index is -0.871. The topological polar surface area (TPSA) is 63.3 Å². The largest absolute Gasteiger partial charge is 0.481 e. The van der Waals surface area contributed by atoms with Gasteiger partial charge in [0.25, 0.3) is 0 Å². The lowest BCUT2D eigenvalue weighted by molar-refractivity contribution is -0.137. The molecule has 0 saturated carbocycles. The molecule has 3 nitrogen and oxygen atoms in total. The van der Waals surface area contributed by atoms with Gasteiger partial charge in [-0.15, -0.1) is 0 Å². The number of aliphatic carboxylic acids is 1. The predicted molar refractivity (Wildman–Crippen MR) is 67.3 cm³/mol. The molecule has 2 rings (SSSR count). The van der Waals surface area contributed by atoms with Crippen LogP contribution in [0.4, 0.5) is 0 Å². The fourth-order valence-corrected chi connectivity index (χ4v) is 2.16. The summed E-state index contributed by atoms with van der Waals surface area (Å²) in [5, 5.41) is 8.96. The van der Waals surface area contributed by atoms with E-state index in [1.165, 1.54) is 0 Å². The average molecular weight is 229 g/mol. The van der Waals surface area contributed by atoms with Gasteiger partial charge in [0.05, 0.1) is 12.0 Å². The Bertz CT molecular complexity index is 476. The van der Waals surface area contributed by atoms with Crippen LogP contribution in [-0.2, 0) is 4.79 Å². The van der Waals surface area contributed by atoms with E-state index in [9.17, 15) is 4.79 Å². The van der Waals surface area contributed by atoms with E-state index < -0.39 is 11.5 Å². The van der Waals surface area contributed by atoms with Crippen molar-refractivity contribution in [3.8, 4) is 0 Å². The number of rotatable bonds is 3. The number of carboxylic acids is 1. The van der Waals surface area contributed by atoms with Crippen molar-refractivity contribution in [3.63, 3.8) is 0 Å². The van der Waals surface area contributed by atoms with Crippen LogP contribution in [0.3, 0.4) is 0 Å². The first-order valence-electron chi connectivity index (χ1n) is 5.55. The Morgan fingerprint density at radius 2 is 2.06 bits per heavy atom. The molecule has 0 spiro atoms. The number of allylic oxidation sites excluding steroid dienone is 2. The van der Waals surface area contributed by atoms with E-state index in [0.29, 0.717) is 6.42 Å². The quantitative estimate of drug-likeness (QED) is 0.835. The van der Waals surface area contributed by atoms with Crippen LogP contribution in [0.5, 0.6) is 0 Å². The molecule has 1 aliphatic carbocycles. The molecule has 17 heavy (non-hydrogen) atoms. The maximum atomic E-state index is 10.9. The minimum Gasteiger partial charge on any atom is -0.481 e.